The van der Waals surface area contributed by atoms with Crippen LogP contribution in [0.25, 0.3) is 0 Å². The third-order valence-corrected chi connectivity index (χ3v) is 3.80. The van der Waals surface area contributed by atoms with E-state index in [9.17, 15) is 14.0 Å². The summed E-state index contributed by atoms with van der Waals surface area (Å²) in [4.78, 5) is 24.9. The Balaban J connectivity index is 1.53. The van der Waals surface area contributed by atoms with Crippen molar-refractivity contribution in [2.45, 2.75) is 19.4 Å². The summed E-state index contributed by atoms with van der Waals surface area (Å²) < 4.78 is 19.3. The number of hydrogen-bond acceptors (Lipinski definition) is 4. The zero-order chi connectivity index (χ0) is 16.9. The van der Waals surface area contributed by atoms with Gasteiger partial charge in [-0.3, -0.25) is 9.59 Å². The van der Waals surface area contributed by atoms with Crippen LogP contribution in [0.1, 0.15) is 18.6 Å². The van der Waals surface area contributed by atoms with Crippen LogP contribution in [0.3, 0.4) is 0 Å². The SMILES string of the molecule is O=C(CNc1ccc(N2CCCC2=O)c(F)c1)NCc1ccco1. The first-order chi connectivity index (χ1) is 11.6. The molecule has 2 N–H and O–H groups in total. The second-order valence-corrected chi connectivity index (χ2v) is 5.52. The first kappa shape index (κ1) is 16.0. The lowest BCUT2D eigenvalue weighted by Gasteiger charge is -2.17. The van der Waals surface area contributed by atoms with Gasteiger partial charge in [0.25, 0.3) is 0 Å². The van der Waals surface area contributed by atoms with Crippen LogP contribution in [0, 0.1) is 5.82 Å². The predicted octanol–water partition coefficient (Wildman–Crippen LogP) is 2.27. The molecule has 1 aromatic carbocycles. The summed E-state index contributed by atoms with van der Waals surface area (Å²) in [6.45, 7) is 0.859. The monoisotopic (exact) mass is 331 g/mol. The number of anilines is 2. The molecule has 2 aromatic rings. The third-order valence-electron chi connectivity index (χ3n) is 3.80. The highest BCUT2D eigenvalue weighted by molar-refractivity contribution is 5.95. The van der Waals surface area contributed by atoms with Gasteiger partial charge in [-0.25, -0.2) is 4.39 Å². The summed E-state index contributed by atoms with van der Waals surface area (Å²) in [6.07, 6.45) is 2.73. The number of amides is 2. The van der Waals surface area contributed by atoms with E-state index in [1.54, 1.807) is 24.3 Å². The molecule has 3 rings (SSSR count). The maximum absolute atomic E-state index is 14.2. The predicted molar refractivity (Wildman–Crippen MR) is 87.0 cm³/mol. The molecule has 1 fully saturated rings. The van der Waals surface area contributed by atoms with Crippen LogP contribution in [0.15, 0.2) is 41.0 Å². The van der Waals surface area contributed by atoms with E-state index in [2.05, 4.69) is 10.6 Å². The van der Waals surface area contributed by atoms with Crippen LogP contribution in [0.2, 0.25) is 0 Å². The zero-order valence-corrected chi connectivity index (χ0v) is 13.0. The molecule has 0 saturated carbocycles. The quantitative estimate of drug-likeness (QED) is 0.851. The summed E-state index contributed by atoms with van der Waals surface area (Å²) in [5, 5.41) is 5.55. The minimum Gasteiger partial charge on any atom is -0.467 e. The Morgan fingerprint density at radius 2 is 2.21 bits per heavy atom. The fourth-order valence-corrected chi connectivity index (χ4v) is 2.58. The lowest BCUT2D eigenvalue weighted by Crippen LogP contribution is -2.29. The van der Waals surface area contributed by atoms with Crippen LogP contribution in [0.5, 0.6) is 0 Å². The van der Waals surface area contributed by atoms with Gasteiger partial charge in [0.05, 0.1) is 25.0 Å². The van der Waals surface area contributed by atoms with Gasteiger partial charge in [0.15, 0.2) is 0 Å². The number of halogens is 1. The van der Waals surface area contributed by atoms with Crippen molar-refractivity contribution >= 4 is 23.2 Å². The van der Waals surface area contributed by atoms with Crippen molar-refractivity contribution < 1.29 is 18.4 Å². The largest absolute Gasteiger partial charge is 0.467 e. The van der Waals surface area contributed by atoms with Crippen LogP contribution in [-0.4, -0.2) is 24.9 Å². The first-order valence-electron chi connectivity index (χ1n) is 7.76. The Kier molecular flexibility index (Phi) is 4.79. The molecule has 2 heterocycles. The normalized spacial score (nSPS) is 14.0. The molecule has 0 bridgehead atoms. The van der Waals surface area contributed by atoms with Crippen molar-refractivity contribution in [3.63, 3.8) is 0 Å². The second kappa shape index (κ2) is 7.16. The fourth-order valence-electron chi connectivity index (χ4n) is 2.58. The fraction of sp³-hybridized carbons (Fsp3) is 0.294. The van der Waals surface area contributed by atoms with E-state index >= 15 is 0 Å². The van der Waals surface area contributed by atoms with E-state index in [0.717, 1.165) is 6.42 Å². The third kappa shape index (κ3) is 3.73. The Hall–Kier alpha value is -2.83. The second-order valence-electron chi connectivity index (χ2n) is 5.52. The van der Waals surface area contributed by atoms with Gasteiger partial charge in [0.1, 0.15) is 11.6 Å². The van der Waals surface area contributed by atoms with Crippen LogP contribution < -0.4 is 15.5 Å². The highest BCUT2D eigenvalue weighted by Crippen LogP contribution is 2.26. The van der Waals surface area contributed by atoms with Gasteiger partial charge in [-0.05, 0) is 36.8 Å². The van der Waals surface area contributed by atoms with Crippen LogP contribution in [0.4, 0.5) is 15.8 Å². The Morgan fingerprint density at radius 1 is 1.33 bits per heavy atom. The van der Waals surface area contributed by atoms with Crippen molar-refractivity contribution in [2.75, 3.05) is 23.3 Å². The van der Waals surface area contributed by atoms with Crippen molar-refractivity contribution in [3.05, 3.63) is 48.2 Å². The van der Waals surface area contributed by atoms with E-state index in [1.807, 2.05) is 0 Å². The van der Waals surface area contributed by atoms with Gasteiger partial charge < -0.3 is 20.0 Å². The van der Waals surface area contributed by atoms with Crippen molar-refractivity contribution in [3.8, 4) is 0 Å². The minimum absolute atomic E-state index is 0.0160. The average molecular weight is 331 g/mol. The maximum atomic E-state index is 14.2. The zero-order valence-electron chi connectivity index (χ0n) is 13.0. The van der Waals surface area contributed by atoms with Crippen molar-refractivity contribution in [2.24, 2.45) is 0 Å². The standard InChI is InChI=1S/C17H18FN3O3/c18-14-9-12(5-6-15(14)21-7-1-4-17(21)23)19-11-16(22)20-10-13-3-2-8-24-13/h2-3,5-6,8-9,19H,1,4,7,10-11H2,(H,20,22). The number of nitrogens with zero attached hydrogens (tertiary/aromatic N) is 1. The molecule has 0 atom stereocenters. The Labute approximate surface area is 138 Å². The van der Waals surface area contributed by atoms with Gasteiger partial charge in [0, 0.05) is 18.7 Å². The molecule has 0 unspecified atom stereocenters. The lowest BCUT2D eigenvalue weighted by atomic mass is 10.2. The van der Waals surface area contributed by atoms with Gasteiger partial charge >= 0.3 is 0 Å². The summed E-state index contributed by atoms with van der Waals surface area (Å²) in [7, 11) is 0. The average Bonchev–Trinajstić information content (AvgIpc) is 3.23. The lowest BCUT2D eigenvalue weighted by molar-refractivity contribution is -0.119. The summed E-state index contributed by atoms with van der Waals surface area (Å²) in [5.41, 5.74) is 0.765. The number of nitrogens with one attached hydrogen (secondary N) is 2. The minimum atomic E-state index is -0.480. The van der Waals surface area contributed by atoms with Gasteiger partial charge in [-0.15, -0.1) is 0 Å². The summed E-state index contributed by atoms with van der Waals surface area (Å²) in [5.74, 6) is -0.113. The molecule has 7 heteroatoms. The first-order valence-corrected chi connectivity index (χ1v) is 7.76. The van der Waals surface area contributed by atoms with Crippen LogP contribution >= 0.6 is 0 Å². The maximum Gasteiger partial charge on any atom is 0.239 e. The molecule has 1 aromatic heterocycles. The topological polar surface area (TPSA) is 74.6 Å². The van der Waals surface area contributed by atoms with E-state index in [0.29, 0.717) is 31.0 Å². The van der Waals surface area contributed by atoms with E-state index in [4.69, 9.17) is 4.42 Å². The van der Waals surface area contributed by atoms with Crippen LogP contribution in [-0.2, 0) is 16.1 Å². The number of furan rings is 1. The molecule has 1 saturated heterocycles. The molecular weight excluding hydrogens is 313 g/mol. The molecule has 0 radical (unpaired) electrons. The smallest absolute Gasteiger partial charge is 0.239 e. The molecule has 1 aliphatic rings. The summed E-state index contributed by atoms with van der Waals surface area (Å²) >= 11 is 0. The highest BCUT2D eigenvalue weighted by atomic mass is 19.1. The molecule has 0 aliphatic carbocycles. The Bertz CT molecular complexity index is 731. The Morgan fingerprint density at radius 3 is 2.88 bits per heavy atom. The van der Waals surface area contributed by atoms with Crippen molar-refractivity contribution in [1.29, 1.82) is 0 Å². The van der Waals surface area contributed by atoms with Crippen molar-refractivity contribution in [1.82, 2.24) is 5.32 Å². The van der Waals surface area contributed by atoms with E-state index < -0.39 is 5.82 Å². The van der Waals surface area contributed by atoms with Gasteiger partial charge in [-0.2, -0.15) is 0 Å². The van der Waals surface area contributed by atoms with E-state index in [1.165, 1.54) is 17.2 Å². The van der Waals surface area contributed by atoms with Gasteiger partial charge in [-0.1, -0.05) is 0 Å². The molecule has 126 valence electrons. The number of carbonyl (C=O) groups is 2. The van der Waals surface area contributed by atoms with E-state index in [-0.39, 0.29) is 24.0 Å². The highest BCUT2D eigenvalue weighted by Gasteiger charge is 2.24. The molecule has 6 nitrogen and oxygen atoms in total. The number of rotatable bonds is 6. The van der Waals surface area contributed by atoms with Gasteiger partial charge in [0.2, 0.25) is 11.8 Å². The number of benzene rings is 1. The number of hydrogen-bond donors (Lipinski definition) is 2. The number of carbonyl (C=O) groups excluding carboxylic acids is 2. The molecule has 1 aliphatic heterocycles. The molecule has 0 spiro atoms. The molecule has 2 amide bonds. The molecule has 24 heavy (non-hydrogen) atoms. The molecular formula is C17H18FN3O3. The summed E-state index contributed by atoms with van der Waals surface area (Å²) in [6, 6.07) is 8.02.